The van der Waals surface area contributed by atoms with Gasteiger partial charge in [0.05, 0.1) is 18.0 Å². The summed E-state index contributed by atoms with van der Waals surface area (Å²) in [5.41, 5.74) is 1.92. The predicted molar refractivity (Wildman–Crippen MR) is 164 cm³/mol. The highest BCUT2D eigenvalue weighted by Crippen LogP contribution is 2.24. The molecule has 0 fully saturated rings. The second-order valence-corrected chi connectivity index (χ2v) is 8.62. The fourth-order valence-corrected chi connectivity index (χ4v) is 3.93. The minimum absolute atomic E-state index is 0. The Morgan fingerprint density at radius 2 is 1.17 bits per heavy atom. The second kappa shape index (κ2) is 14.0. The first-order chi connectivity index (χ1) is 18.9. The van der Waals surface area contributed by atoms with Gasteiger partial charge in [0.15, 0.2) is 11.9 Å². The van der Waals surface area contributed by atoms with Gasteiger partial charge in [-0.3, -0.25) is 29.7 Å². The van der Waals surface area contributed by atoms with E-state index in [2.05, 4.69) is 41.9 Å². The van der Waals surface area contributed by atoms with E-state index in [1.54, 1.807) is 48.5 Å². The first kappa shape index (κ1) is 30.7. The van der Waals surface area contributed by atoms with Crippen molar-refractivity contribution in [2.24, 2.45) is 9.98 Å². The van der Waals surface area contributed by atoms with E-state index in [1.165, 1.54) is 12.1 Å². The molecule has 2 amide bonds. The standard InChI is InChI=1S/C26H25N9O4.2ClH/c36-23(31-17-2-6-19(7-3-17)33-25-27-11-12-28-25)16-1-10-21(22(15-16)35(38)39)24(37)32-18-4-8-20(9-5-18)34-26-29-13-14-30-26;;/h1-10,15H,11-14H2,(H,31,36)(H,32,37)(H2,27,28,33)(H2,29,30,34);2*1H. The molecule has 2 heterocycles. The summed E-state index contributed by atoms with van der Waals surface area (Å²) in [4.78, 5) is 45.2. The van der Waals surface area contributed by atoms with E-state index in [1.807, 2.05) is 0 Å². The third kappa shape index (κ3) is 7.84. The minimum atomic E-state index is -0.686. The van der Waals surface area contributed by atoms with Crippen molar-refractivity contribution < 1.29 is 14.5 Å². The summed E-state index contributed by atoms with van der Waals surface area (Å²) in [5.74, 6) is 0.148. The Balaban J connectivity index is 0.00000231. The number of hydrogen-bond donors (Lipinski definition) is 6. The van der Waals surface area contributed by atoms with Gasteiger partial charge in [-0.1, -0.05) is 0 Å². The third-order valence-electron chi connectivity index (χ3n) is 5.86. The zero-order valence-electron chi connectivity index (χ0n) is 21.5. The summed E-state index contributed by atoms with van der Waals surface area (Å²) in [6.45, 7) is 2.97. The molecular weight excluding hydrogens is 573 g/mol. The molecule has 0 radical (unpaired) electrons. The number of anilines is 4. The minimum Gasteiger partial charge on any atom is -0.354 e. The summed E-state index contributed by atoms with van der Waals surface area (Å²) >= 11 is 0. The number of halogens is 2. The number of carbonyl (C=O) groups is 2. The Morgan fingerprint density at radius 3 is 1.61 bits per heavy atom. The highest BCUT2D eigenvalue weighted by Gasteiger charge is 2.23. The zero-order valence-corrected chi connectivity index (χ0v) is 23.1. The number of nitrogens with one attached hydrogen (secondary N) is 6. The summed E-state index contributed by atoms with van der Waals surface area (Å²) in [6, 6.07) is 17.5. The van der Waals surface area contributed by atoms with Crippen LogP contribution in [0.2, 0.25) is 0 Å². The van der Waals surface area contributed by atoms with Gasteiger partial charge in [0.2, 0.25) is 0 Å². The Hall–Kier alpha value is -4.88. The van der Waals surface area contributed by atoms with E-state index >= 15 is 0 Å². The molecule has 0 saturated carbocycles. The van der Waals surface area contributed by atoms with Crippen LogP contribution in [0.1, 0.15) is 20.7 Å². The Kier molecular flexibility index (Phi) is 10.4. The number of rotatable bonds is 7. The van der Waals surface area contributed by atoms with Crippen LogP contribution in [0.4, 0.5) is 28.4 Å². The molecule has 13 nitrogen and oxygen atoms in total. The van der Waals surface area contributed by atoms with E-state index < -0.39 is 22.4 Å². The molecule has 3 aromatic carbocycles. The summed E-state index contributed by atoms with van der Waals surface area (Å²) < 4.78 is 0. The average Bonchev–Trinajstić information content (AvgIpc) is 3.65. The number of nitro groups is 1. The summed E-state index contributed by atoms with van der Waals surface area (Å²) in [7, 11) is 0. The third-order valence-corrected chi connectivity index (χ3v) is 5.86. The van der Waals surface area contributed by atoms with Crippen molar-refractivity contribution in [2.45, 2.75) is 0 Å². The van der Waals surface area contributed by atoms with Crippen LogP contribution in [0.25, 0.3) is 0 Å². The molecule has 6 N–H and O–H groups in total. The maximum atomic E-state index is 12.9. The fraction of sp³-hybridized carbons (Fsp3) is 0.154. The van der Waals surface area contributed by atoms with E-state index in [-0.39, 0.29) is 35.9 Å². The Morgan fingerprint density at radius 1 is 0.707 bits per heavy atom. The van der Waals surface area contributed by atoms with Crippen molar-refractivity contribution >= 4 is 77.0 Å². The van der Waals surface area contributed by atoms with E-state index in [0.29, 0.717) is 36.4 Å². The molecule has 3 aromatic rings. The maximum Gasteiger partial charge on any atom is 0.282 e. The van der Waals surface area contributed by atoms with Gasteiger partial charge >= 0.3 is 0 Å². The number of hydrogen-bond acceptors (Lipinski definition) is 10. The van der Waals surface area contributed by atoms with Gasteiger partial charge < -0.3 is 31.9 Å². The highest BCUT2D eigenvalue weighted by molar-refractivity contribution is 6.10. The lowest BCUT2D eigenvalue weighted by molar-refractivity contribution is -0.385. The monoisotopic (exact) mass is 599 g/mol. The van der Waals surface area contributed by atoms with E-state index in [4.69, 9.17) is 0 Å². The second-order valence-electron chi connectivity index (χ2n) is 8.62. The molecule has 0 atom stereocenters. The number of nitrogens with zero attached hydrogens (tertiary/aromatic N) is 3. The van der Waals surface area contributed by atoms with Gasteiger partial charge in [0.1, 0.15) is 5.56 Å². The van der Waals surface area contributed by atoms with Crippen molar-refractivity contribution in [2.75, 3.05) is 47.4 Å². The van der Waals surface area contributed by atoms with Gasteiger partial charge in [-0.15, -0.1) is 24.8 Å². The molecule has 0 aromatic heterocycles. The van der Waals surface area contributed by atoms with Crippen molar-refractivity contribution in [3.05, 3.63) is 88.0 Å². The lowest BCUT2D eigenvalue weighted by Gasteiger charge is -2.10. The SMILES string of the molecule is Cl.Cl.O=C(Nc1ccc(NC2=NCCN2)cc1)c1ccc(C(=O)Nc2ccc(NC3=NCCN3)cc2)c([N+](=O)[O-])c1. The van der Waals surface area contributed by atoms with Crippen LogP contribution < -0.4 is 31.9 Å². The number of amides is 2. The molecule has 0 bridgehead atoms. The van der Waals surface area contributed by atoms with E-state index in [0.717, 1.165) is 30.5 Å². The van der Waals surface area contributed by atoms with Crippen molar-refractivity contribution in [3.63, 3.8) is 0 Å². The number of aliphatic imine (C=N–C) groups is 2. The largest absolute Gasteiger partial charge is 0.354 e. The maximum absolute atomic E-state index is 12.9. The Labute approximate surface area is 247 Å². The first-order valence-corrected chi connectivity index (χ1v) is 12.2. The first-order valence-electron chi connectivity index (χ1n) is 12.2. The van der Waals surface area contributed by atoms with Crippen molar-refractivity contribution in [1.82, 2.24) is 10.6 Å². The van der Waals surface area contributed by atoms with Crippen LogP contribution in [-0.4, -0.2) is 54.8 Å². The highest BCUT2D eigenvalue weighted by atomic mass is 35.5. The molecule has 41 heavy (non-hydrogen) atoms. The van der Waals surface area contributed by atoms with Crippen LogP contribution in [0, 0.1) is 10.1 Å². The molecule has 214 valence electrons. The zero-order chi connectivity index (χ0) is 27.2. The lowest BCUT2D eigenvalue weighted by atomic mass is 10.1. The van der Waals surface area contributed by atoms with Gasteiger partial charge in [-0.2, -0.15) is 0 Å². The molecule has 2 aliphatic heterocycles. The number of guanidine groups is 2. The molecule has 0 spiro atoms. The molecule has 5 rings (SSSR count). The average molecular weight is 600 g/mol. The van der Waals surface area contributed by atoms with E-state index in [9.17, 15) is 19.7 Å². The van der Waals surface area contributed by atoms with Gasteiger partial charge in [-0.25, -0.2) is 0 Å². The fourth-order valence-electron chi connectivity index (χ4n) is 3.93. The smallest absolute Gasteiger partial charge is 0.282 e. The summed E-state index contributed by atoms with van der Waals surface area (Å²) in [5, 5.41) is 29.6. The molecule has 15 heteroatoms. The van der Waals surface area contributed by atoms with Crippen molar-refractivity contribution in [3.8, 4) is 0 Å². The quantitative estimate of drug-likeness (QED) is 0.176. The molecule has 0 aliphatic carbocycles. The number of nitro benzene ring substituents is 1. The van der Waals surface area contributed by atoms with Crippen LogP contribution in [0.5, 0.6) is 0 Å². The van der Waals surface area contributed by atoms with Crippen LogP contribution in [0.15, 0.2) is 76.7 Å². The van der Waals surface area contributed by atoms with Gasteiger partial charge in [-0.05, 0) is 60.7 Å². The van der Waals surface area contributed by atoms with Crippen LogP contribution >= 0.6 is 24.8 Å². The van der Waals surface area contributed by atoms with Crippen LogP contribution in [-0.2, 0) is 0 Å². The van der Waals surface area contributed by atoms with Crippen LogP contribution in [0.3, 0.4) is 0 Å². The Bertz CT molecular complexity index is 1480. The van der Waals surface area contributed by atoms with Crippen molar-refractivity contribution in [1.29, 1.82) is 0 Å². The van der Waals surface area contributed by atoms with Gasteiger partial charge in [0.25, 0.3) is 17.5 Å². The molecule has 0 saturated heterocycles. The number of carbonyl (C=O) groups excluding carboxylic acids is 2. The lowest BCUT2D eigenvalue weighted by Crippen LogP contribution is -2.26. The normalized spacial score (nSPS) is 13.2. The van der Waals surface area contributed by atoms with Gasteiger partial charge in [0, 0.05) is 47.5 Å². The number of benzene rings is 3. The predicted octanol–water partition coefficient (Wildman–Crippen LogP) is 3.69. The summed E-state index contributed by atoms with van der Waals surface area (Å²) in [6.07, 6.45) is 0. The molecule has 0 unspecified atom stereocenters. The topological polar surface area (TPSA) is 174 Å². The molecule has 2 aliphatic rings. The molecular formula is C26H27Cl2N9O4.